The maximum Gasteiger partial charge on any atom is 0.410 e. The standard InChI is InChI=1S/C30H25Cl2F3N4O3/c1-13-17-12-21(28-18-10-15(39(28)30(40)41-2)11-22(18)42-29(34)35)38-26(17)19-9-14(5-4-8-36)23(25(33)27(19)37-13)16-6-3-7-20(31)24(16)32/h3,6-7,9,12,15,18,22,28-29,38H,4-5,10-11H2,1-2H3. The zero-order valence-corrected chi connectivity index (χ0v) is 24.1. The number of fused-ring (bicyclic) bond motifs is 5. The fourth-order valence-electron chi connectivity index (χ4n) is 6.76. The first-order valence-electron chi connectivity index (χ1n) is 13.4. The molecule has 2 bridgehead atoms. The van der Waals surface area contributed by atoms with Gasteiger partial charge in [-0.05, 0) is 49.9 Å². The molecule has 1 aliphatic heterocycles. The van der Waals surface area contributed by atoms with E-state index < -0.39 is 36.6 Å². The molecule has 2 aromatic heterocycles. The number of aryl methyl sites for hydroxylation is 2. The van der Waals surface area contributed by atoms with Gasteiger partial charge < -0.3 is 14.5 Å². The Labute approximate surface area is 249 Å². The van der Waals surface area contributed by atoms with Crippen LogP contribution in [0.4, 0.5) is 18.0 Å². The van der Waals surface area contributed by atoms with Crippen molar-refractivity contribution in [2.75, 3.05) is 7.11 Å². The van der Waals surface area contributed by atoms with E-state index in [0.29, 0.717) is 45.2 Å². The highest BCUT2D eigenvalue weighted by Crippen LogP contribution is 2.52. The van der Waals surface area contributed by atoms with Gasteiger partial charge in [0.1, 0.15) is 5.52 Å². The molecule has 2 fully saturated rings. The number of ether oxygens (including phenoxy) is 2. The molecule has 2 aliphatic rings. The third kappa shape index (κ3) is 4.55. The van der Waals surface area contributed by atoms with Crippen LogP contribution in [0.5, 0.6) is 0 Å². The number of rotatable bonds is 6. The van der Waals surface area contributed by atoms with Gasteiger partial charge in [0.05, 0.1) is 40.9 Å². The number of piperidine rings is 1. The Morgan fingerprint density at radius 3 is 2.76 bits per heavy atom. The highest BCUT2D eigenvalue weighted by Gasteiger charge is 2.55. The van der Waals surface area contributed by atoms with E-state index in [2.05, 4.69) is 16.0 Å². The number of H-pyrrole nitrogens is 1. The molecule has 7 nitrogen and oxygen atoms in total. The van der Waals surface area contributed by atoms with Crippen LogP contribution in [0.3, 0.4) is 0 Å². The van der Waals surface area contributed by atoms with Crippen molar-refractivity contribution in [1.29, 1.82) is 5.26 Å². The predicted octanol–water partition coefficient (Wildman–Crippen LogP) is 8.10. The number of pyridine rings is 1. The van der Waals surface area contributed by atoms with Crippen molar-refractivity contribution in [3.05, 3.63) is 63.1 Å². The molecule has 1 saturated heterocycles. The number of nitrogens with zero attached hydrogens (tertiary/aromatic N) is 3. The van der Waals surface area contributed by atoms with Crippen LogP contribution in [-0.4, -0.2) is 46.8 Å². The van der Waals surface area contributed by atoms with Crippen LogP contribution in [0, 0.1) is 30.0 Å². The van der Waals surface area contributed by atoms with Crippen LogP contribution >= 0.6 is 23.2 Å². The number of hydrogen-bond acceptors (Lipinski definition) is 5. The fraction of sp³-hybridized carbons (Fsp3) is 0.367. The van der Waals surface area contributed by atoms with E-state index in [4.69, 9.17) is 32.7 Å². The predicted molar refractivity (Wildman–Crippen MR) is 152 cm³/mol. The fourth-order valence-corrected chi connectivity index (χ4v) is 7.16. The molecule has 2 aromatic carbocycles. The summed E-state index contributed by atoms with van der Waals surface area (Å²) in [5, 5.41) is 10.9. The van der Waals surface area contributed by atoms with Gasteiger partial charge in [-0.3, -0.25) is 4.90 Å². The van der Waals surface area contributed by atoms with Gasteiger partial charge in [0.2, 0.25) is 0 Å². The van der Waals surface area contributed by atoms with Gasteiger partial charge in [0.25, 0.3) is 0 Å². The Kier molecular flexibility index (Phi) is 7.46. The molecule has 42 heavy (non-hydrogen) atoms. The Balaban J connectivity index is 1.55. The van der Waals surface area contributed by atoms with Crippen molar-refractivity contribution in [3.63, 3.8) is 0 Å². The molecule has 3 heterocycles. The zero-order chi connectivity index (χ0) is 29.9. The lowest BCUT2D eigenvalue weighted by molar-refractivity contribution is -0.181. The summed E-state index contributed by atoms with van der Waals surface area (Å²) < 4.78 is 52.9. The van der Waals surface area contributed by atoms with Crippen molar-refractivity contribution in [2.24, 2.45) is 5.92 Å². The number of amides is 1. The first-order chi connectivity index (χ1) is 20.1. The maximum absolute atomic E-state index is 16.5. The summed E-state index contributed by atoms with van der Waals surface area (Å²) in [5.41, 5.74) is 2.95. The van der Waals surface area contributed by atoms with Crippen LogP contribution in [0.25, 0.3) is 32.9 Å². The quantitative estimate of drug-likeness (QED) is 0.236. The van der Waals surface area contributed by atoms with E-state index in [-0.39, 0.29) is 46.4 Å². The Morgan fingerprint density at radius 1 is 1.26 bits per heavy atom. The normalized spacial score (nSPS) is 21.5. The number of nitrogens with one attached hydrogen (secondary N) is 1. The molecule has 1 saturated carbocycles. The smallest absolute Gasteiger partial charge is 0.410 e. The number of benzene rings is 2. The first kappa shape index (κ1) is 28.6. The Morgan fingerprint density at radius 2 is 2.05 bits per heavy atom. The summed E-state index contributed by atoms with van der Waals surface area (Å²) in [6.07, 6.45) is -0.134. The molecule has 0 spiro atoms. The molecule has 12 heteroatoms. The van der Waals surface area contributed by atoms with Crippen molar-refractivity contribution in [2.45, 2.75) is 57.4 Å². The molecule has 6 rings (SSSR count). The minimum Gasteiger partial charge on any atom is -0.453 e. The zero-order valence-electron chi connectivity index (χ0n) is 22.6. The largest absolute Gasteiger partial charge is 0.453 e. The average molecular weight is 617 g/mol. The van der Waals surface area contributed by atoms with Gasteiger partial charge in [-0.2, -0.15) is 14.0 Å². The lowest BCUT2D eigenvalue weighted by Gasteiger charge is -2.37. The molecule has 218 valence electrons. The van der Waals surface area contributed by atoms with Gasteiger partial charge in [0, 0.05) is 51.7 Å². The third-order valence-electron chi connectivity index (χ3n) is 8.43. The van der Waals surface area contributed by atoms with Crippen LogP contribution < -0.4 is 0 Å². The number of halogens is 5. The van der Waals surface area contributed by atoms with E-state index in [1.54, 1.807) is 36.1 Å². The third-order valence-corrected chi connectivity index (χ3v) is 9.25. The number of alkyl halides is 2. The van der Waals surface area contributed by atoms with E-state index in [0.717, 1.165) is 0 Å². The first-order valence-corrected chi connectivity index (χ1v) is 14.2. The molecule has 1 N–H and O–H groups in total. The second-order valence-electron chi connectivity index (χ2n) is 10.6. The second kappa shape index (κ2) is 11.0. The van der Waals surface area contributed by atoms with E-state index in [1.165, 1.54) is 7.11 Å². The molecular formula is C30H25Cl2F3N4O3. The number of methoxy groups -OCH3 is 1. The number of hydrogen-bond donors (Lipinski definition) is 1. The minimum atomic E-state index is -2.93. The van der Waals surface area contributed by atoms with Crippen LogP contribution in [-0.2, 0) is 15.9 Å². The SMILES string of the molecule is COC(=O)N1C2CC(OC(F)F)C(C2)C1c1cc2c(C)nc3c(F)c(-c4cccc(Cl)c4Cl)c(CCC#N)cc3c2[nH]1. The summed E-state index contributed by atoms with van der Waals surface area (Å²) in [6.45, 7) is -1.19. The lowest BCUT2D eigenvalue weighted by atomic mass is 9.93. The summed E-state index contributed by atoms with van der Waals surface area (Å²) >= 11 is 12.7. The van der Waals surface area contributed by atoms with E-state index >= 15 is 4.39 Å². The highest BCUT2D eigenvalue weighted by molar-refractivity contribution is 6.43. The average Bonchev–Trinajstić information content (AvgIpc) is 3.67. The number of likely N-dealkylation sites (tertiary alicyclic amines) is 1. The summed E-state index contributed by atoms with van der Waals surface area (Å²) in [5.74, 6) is -0.998. The van der Waals surface area contributed by atoms with Gasteiger partial charge in [0.15, 0.2) is 5.82 Å². The van der Waals surface area contributed by atoms with E-state index in [1.807, 2.05) is 6.07 Å². The van der Waals surface area contributed by atoms with Crippen LogP contribution in [0.2, 0.25) is 10.0 Å². The number of carbonyl (C=O) groups is 1. The van der Waals surface area contributed by atoms with Crippen molar-refractivity contribution >= 4 is 51.1 Å². The maximum atomic E-state index is 16.5. The summed E-state index contributed by atoms with van der Waals surface area (Å²) in [6, 6.07) is 9.74. The highest BCUT2D eigenvalue weighted by atomic mass is 35.5. The van der Waals surface area contributed by atoms with Gasteiger partial charge in [-0.1, -0.05) is 35.3 Å². The van der Waals surface area contributed by atoms with Crippen LogP contribution in [0.1, 0.15) is 42.3 Å². The number of nitriles is 1. The molecule has 1 amide bonds. The summed E-state index contributed by atoms with van der Waals surface area (Å²) in [7, 11) is 1.28. The van der Waals surface area contributed by atoms with Gasteiger partial charge >= 0.3 is 12.7 Å². The van der Waals surface area contributed by atoms with Crippen molar-refractivity contribution in [3.8, 4) is 17.2 Å². The van der Waals surface area contributed by atoms with E-state index in [9.17, 15) is 18.8 Å². The molecular weight excluding hydrogens is 592 g/mol. The Hall–Kier alpha value is -3.52. The van der Waals surface area contributed by atoms with Gasteiger partial charge in [-0.25, -0.2) is 14.2 Å². The topological polar surface area (TPSA) is 91.2 Å². The molecule has 4 aromatic rings. The molecule has 4 atom stereocenters. The number of aromatic amines is 1. The van der Waals surface area contributed by atoms with Crippen LogP contribution in [0.15, 0.2) is 30.3 Å². The molecule has 0 radical (unpaired) electrons. The minimum absolute atomic E-state index is 0.0943. The van der Waals surface area contributed by atoms with Crippen molar-refractivity contribution < 1.29 is 27.4 Å². The molecule has 1 aliphatic carbocycles. The Bertz CT molecular complexity index is 1770. The lowest BCUT2D eigenvalue weighted by Crippen LogP contribution is -2.45. The number of aromatic nitrogens is 2. The monoisotopic (exact) mass is 616 g/mol. The van der Waals surface area contributed by atoms with Crippen molar-refractivity contribution in [1.82, 2.24) is 14.9 Å². The summed E-state index contributed by atoms with van der Waals surface area (Å²) in [4.78, 5) is 22.4. The number of carbonyl (C=O) groups excluding carboxylic acids is 1. The van der Waals surface area contributed by atoms with Gasteiger partial charge in [-0.15, -0.1) is 0 Å². The molecule has 4 unspecified atom stereocenters. The second-order valence-corrected chi connectivity index (χ2v) is 11.4.